The number of aromatic nitrogens is 2. The summed E-state index contributed by atoms with van der Waals surface area (Å²) in [5.74, 6) is -0.0186. The highest BCUT2D eigenvalue weighted by Crippen LogP contribution is 2.26. The van der Waals surface area contributed by atoms with Crippen molar-refractivity contribution in [3.63, 3.8) is 0 Å². The lowest BCUT2D eigenvalue weighted by atomic mass is 10.1. The first-order chi connectivity index (χ1) is 12.0. The highest BCUT2D eigenvalue weighted by molar-refractivity contribution is 9.10. The van der Waals surface area contributed by atoms with Crippen molar-refractivity contribution in [3.8, 4) is 0 Å². The summed E-state index contributed by atoms with van der Waals surface area (Å²) in [6.07, 6.45) is 2.68. The van der Waals surface area contributed by atoms with Crippen LogP contribution in [0.3, 0.4) is 0 Å². The van der Waals surface area contributed by atoms with E-state index in [9.17, 15) is 4.79 Å². The minimum atomic E-state index is -0.0186. The minimum absolute atomic E-state index is 0.0186. The third kappa shape index (κ3) is 3.21. The normalized spacial score (nSPS) is 11.1. The van der Waals surface area contributed by atoms with Crippen molar-refractivity contribution in [2.24, 2.45) is 0 Å². The Bertz CT molecular complexity index is 946. The van der Waals surface area contributed by atoms with Crippen LogP contribution in [0.25, 0.3) is 5.65 Å². The van der Waals surface area contributed by atoms with E-state index in [4.69, 9.17) is 0 Å². The average molecular weight is 400 g/mol. The van der Waals surface area contributed by atoms with Gasteiger partial charge in [0.05, 0.1) is 10.2 Å². The number of halogens is 1. The minimum Gasteiger partial charge on any atom is -0.307 e. The molecule has 2 aromatic heterocycles. The van der Waals surface area contributed by atoms with E-state index < -0.39 is 0 Å². The Hall–Kier alpha value is -2.14. The first-order valence-electron chi connectivity index (χ1n) is 8.51. The number of rotatable bonds is 4. The molecule has 0 fully saturated rings. The molecule has 1 aromatic carbocycles. The first kappa shape index (κ1) is 17.7. The van der Waals surface area contributed by atoms with E-state index in [1.54, 1.807) is 0 Å². The smallest absolute Gasteiger partial charge is 0.277 e. The Kier molecular flexibility index (Phi) is 4.95. The van der Waals surface area contributed by atoms with Gasteiger partial charge in [-0.2, -0.15) is 0 Å². The lowest BCUT2D eigenvalue weighted by Crippen LogP contribution is -2.32. The average Bonchev–Trinajstić information content (AvgIpc) is 2.94. The molecule has 5 heteroatoms. The highest BCUT2D eigenvalue weighted by atomic mass is 79.9. The van der Waals surface area contributed by atoms with Crippen LogP contribution in [-0.4, -0.2) is 21.8 Å². The van der Waals surface area contributed by atoms with E-state index in [2.05, 4.69) is 20.9 Å². The second-order valence-electron chi connectivity index (χ2n) is 6.21. The Morgan fingerprint density at radius 1 is 1.20 bits per heavy atom. The van der Waals surface area contributed by atoms with Crippen molar-refractivity contribution in [2.45, 2.75) is 34.1 Å². The van der Waals surface area contributed by atoms with E-state index in [1.807, 2.05) is 73.5 Å². The topological polar surface area (TPSA) is 37.6 Å². The third-order valence-corrected chi connectivity index (χ3v) is 4.88. The summed E-state index contributed by atoms with van der Waals surface area (Å²) in [6.45, 7) is 8.68. The number of fused-ring (bicyclic) bond motifs is 1. The number of aryl methyl sites for hydroxylation is 3. The molecule has 0 aliphatic heterocycles. The van der Waals surface area contributed by atoms with Gasteiger partial charge in [-0.25, -0.2) is 4.98 Å². The molecule has 0 saturated carbocycles. The van der Waals surface area contributed by atoms with E-state index in [0.29, 0.717) is 18.7 Å². The zero-order valence-electron chi connectivity index (χ0n) is 15.0. The summed E-state index contributed by atoms with van der Waals surface area (Å²) in [5.41, 5.74) is 5.37. The number of nitrogens with zero attached hydrogens (tertiary/aromatic N) is 3. The maximum absolute atomic E-state index is 13.4. The molecule has 4 nitrogen and oxygen atoms in total. The molecule has 0 aliphatic carbocycles. The molecule has 0 N–H and O–H groups in total. The highest BCUT2D eigenvalue weighted by Gasteiger charge is 2.24. The summed E-state index contributed by atoms with van der Waals surface area (Å²) < 4.78 is 2.82. The summed E-state index contributed by atoms with van der Waals surface area (Å²) in [5, 5.41) is 0. The van der Waals surface area contributed by atoms with Gasteiger partial charge in [0.25, 0.3) is 5.91 Å². The summed E-state index contributed by atoms with van der Waals surface area (Å²) in [7, 11) is 0. The molecule has 0 radical (unpaired) electrons. The number of carbonyl (C=O) groups excluding carboxylic acids is 1. The van der Waals surface area contributed by atoms with Gasteiger partial charge in [0, 0.05) is 18.4 Å². The van der Waals surface area contributed by atoms with Crippen molar-refractivity contribution in [3.05, 3.63) is 63.5 Å². The quantitative estimate of drug-likeness (QED) is 0.622. The number of carbonyl (C=O) groups is 1. The number of imidazole rings is 1. The van der Waals surface area contributed by atoms with Gasteiger partial charge in [0.15, 0.2) is 5.65 Å². The zero-order chi connectivity index (χ0) is 18.1. The maximum Gasteiger partial charge on any atom is 0.277 e. The Morgan fingerprint density at radius 2 is 1.96 bits per heavy atom. The van der Waals surface area contributed by atoms with Crippen LogP contribution in [0.2, 0.25) is 0 Å². The molecule has 1 amide bonds. The molecule has 0 unspecified atom stereocenters. The van der Waals surface area contributed by atoms with Gasteiger partial charge in [-0.1, -0.05) is 19.1 Å². The molecule has 0 spiro atoms. The summed E-state index contributed by atoms with van der Waals surface area (Å²) in [6, 6.07) is 10.1. The number of benzene rings is 1. The monoisotopic (exact) mass is 399 g/mol. The zero-order valence-corrected chi connectivity index (χ0v) is 16.6. The Morgan fingerprint density at radius 3 is 2.60 bits per heavy atom. The van der Waals surface area contributed by atoms with Gasteiger partial charge in [-0.15, -0.1) is 0 Å². The number of pyridine rings is 1. The number of anilines is 1. The van der Waals surface area contributed by atoms with E-state index in [1.165, 1.54) is 0 Å². The molecule has 2 heterocycles. The fourth-order valence-electron chi connectivity index (χ4n) is 3.12. The van der Waals surface area contributed by atoms with E-state index in [0.717, 1.165) is 32.6 Å². The summed E-state index contributed by atoms with van der Waals surface area (Å²) >= 11 is 3.57. The molecule has 0 aliphatic rings. The van der Waals surface area contributed by atoms with E-state index >= 15 is 0 Å². The van der Waals surface area contributed by atoms with E-state index in [-0.39, 0.29) is 5.91 Å². The van der Waals surface area contributed by atoms with Crippen molar-refractivity contribution in [1.29, 1.82) is 0 Å². The predicted octanol–water partition coefficient (Wildman–Crippen LogP) is 4.94. The molecular formula is C20H22BrN3O. The molecule has 3 rings (SSSR count). The van der Waals surface area contributed by atoms with Crippen LogP contribution < -0.4 is 4.90 Å². The lowest BCUT2D eigenvalue weighted by Gasteiger charge is -2.22. The number of hydrogen-bond acceptors (Lipinski definition) is 2. The first-order valence-corrected chi connectivity index (χ1v) is 9.31. The molecule has 0 saturated heterocycles. The van der Waals surface area contributed by atoms with Crippen LogP contribution in [0.5, 0.6) is 0 Å². The number of hydrogen-bond donors (Lipinski definition) is 0. The van der Waals surface area contributed by atoms with Gasteiger partial charge in [-0.3, -0.25) is 9.20 Å². The van der Waals surface area contributed by atoms with Crippen LogP contribution in [0.4, 0.5) is 5.69 Å². The molecule has 0 atom stereocenters. The third-order valence-electron chi connectivity index (χ3n) is 4.30. The van der Waals surface area contributed by atoms with Crippen LogP contribution in [0.15, 0.2) is 41.0 Å². The van der Waals surface area contributed by atoms with Gasteiger partial charge in [0.1, 0.15) is 5.69 Å². The second-order valence-corrected chi connectivity index (χ2v) is 7.06. The van der Waals surface area contributed by atoms with Gasteiger partial charge >= 0.3 is 0 Å². The fourth-order valence-corrected chi connectivity index (χ4v) is 3.76. The number of amides is 1. The van der Waals surface area contributed by atoms with Crippen LogP contribution in [0, 0.1) is 13.8 Å². The van der Waals surface area contributed by atoms with Crippen molar-refractivity contribution in [2.75, 3.05) is 11.4 Å². The van der Waals surface area contributed by atoms with Crippen molar-refractivity contribution in [1.82, 2.24) is 9.38 Å². The van der Waals surface area contributed by atoms with Crippen molar-refractivity contribution >= 4 is 33.2 Å². The SMILES string of the molecule is CCc1nc2c(Br)cc(C)cn2c1C(=O)N(CC)c1cccc(C)c1. The van der Waals surface area contributed by atoms with Gasteiger partial charge < -0.3 is 4.90 Å². The van der Waals surface area contributed by atoms with Crippen LogP contribution in [0.1, 0.15) is 41.2 Å². The van der Waals surface area contributed by atoms with Crippen LogP contribution >= 0.6 is 15.9 Å². The van der Waals surface area contributed by atoms with Crippen molar-refractivity contribution < 1.29 is 4.79 Å². The lowest BCUT2D eigenvalue weighted by molar-refractivity contribution is 0.0981. The van der Waals surface area contributed by atoms with Crippen LogP contribution in [-0.2, 0) is 6.42 Å². The Balaban J connectivity index is 2.18. The molecule has 130 valence electrons. The largest absolute Gasteiger partial charge is 0.307 e. The van der Waals surface area contributed by atoms with Gasteiger partial charge in [-0.05, 0) is 72.4 Å². The summed E-state index contributed by atoms with van der Waals surface area (Å²) in [4.78, 5) is 19.9. The maximum atomic E-state index is 13.4. The van der Waals surface area contributed by atoms with Gasteiger partial charge in [0.2, 0.25) is 0 Å². The molecule has 3 aromatic rings. The molecule has 0 bridgehead atoms. The fraction of sp³-hybridized carbons (Fsp3) is 0.300. The second kappa shape index (κ2) is 7.00. The predicted molar refractivity (Wildman–Crippen MR) is 106 cm³/mol. The standard InChI is InChI=1S/C20H22BrN3O/c1-5-17-18(24-12-14(4)11-16(21)19(24)22-17)20(25)23(6-2)15-9-7-8-13(3)10-15/h7-12H,5-6H2,1-4H3. The molecular weight excluding hydrogens is 378 g/mol. The molecule has 25 heavy (non-hydrogen) atoms. The Labute approximate surface area is 156 Å².